The molecule has 0 aliphatic heterocycles. The van der Waals surface area contributed by atoms with Gasteiger partial charge in [0.25, 0.3) is 0 Å². The van der Waals surface area contributed by atoms with Crippen molar-refractivity contribution in [2.24, 2.45) is 5.92 Å². The van der Waals surface area contributed by atoms with Crippen molar-refractivity contribution >= 4 is 5.91 Å². The molecule has 0 unspecified atom stereocenters. The summed E-state index contributed by atoms with van der Waals surface area (Å²) >= 11 is 0. The van der Waals surface area contributed by atoms with E-state index < -0.39 is 0 Å². The SMILES string of the molecule is CCCCN(CC)C(=O)CCC1CCCCC1. The van der Waals surface area contributed by atoms with Crippen molar-refractivity contribution in [3.05, 3.63) is 0 Å². The average Bonchev–Trinajstić information content (AvgIpc) is 2.38. The summed E-state index contributed by atoms with van der Waals surface area (Å²) in [7, 11) is 0. The van der Waals surface area contributed by atoms with E-state index in [9.17, 15) is 4.79 Å². The van der Waals surface area contributed by atoms with E-state index in [1.807, 2.05) is 4.90 Å². The van der Waals surface area contributed by atoms with Gasteiger partial charge < -0.3 is 4.90 Å². The molecule has 100 valence electrons. The fourth-order valence-corrected chi connectivity index (χ4v) is 2.77. The van der Waals surface area contributed by atoms with Crippen LogP contribution in [0.25, 0.3) is 0 Å². The number of nitrogens with zero attached hydrogens (tertiary/aromatic N) is 1. The molecule has 0 aromatic carbocycles. The summed E-state index contributed by atoms with van der Waals surface area (Å²) in [6, 6.07) is 0. The Morgan fingerprint density at radius 1 is 1.18 bits per heavy atom. The van der Waals surface area contributed by atoms with Gasteiger partial charge in [0.1, 0.15) is 0 Å². The standard InChI is InChI=1S/C15H29NO/c1-3-5-13-16(4-2)15(17)12-11-14-9-7-6-8-10-14/h14H,3-13H2,1-2H3. The second-order valence-corrected chi connectivity index (χ2v) is 5.37. The van der Waals surface area contributed by atoms with Gasteiger partial charge in [0.05, 0.1) is 0 Å². The Labute approximate surface area is 107 Å². The van der Waals surface area contributed by atoms with Crippen molar-refractivity contribution in [1.82, 2.24) is 4.90 Å². The highest BCUT2D eigenvalue weighted by Gasteiger charge is 2.17. The highest BCUT2D eigenvalue weighted by atomic mass is 16.2. The van der Waals surface area contributed by atoms with Gasteiger partial charge in [0, 0.05) is 19.5 Å². The molecule has 1 rings (SSSR count). The van der Waals surface area contributed by atoms with E-state index in [1.165, 1.54) is 38.5 Å². The van der Waals surface area contributed by atoms with Gasteiger partial charge in [0.2, 0.25) is 5.91 Å². The van der Waals surface area contributed by atoms with Crippen molar-refractivity contribution in [3.8, 4) is 0 Å². The molecular weight excluding hydrogens is 210 g/mol. The summed E-state index contributed by atoms with van der Waals surface area (Å²) in [6.45, 7) is 6.11. The van der Waals surface area contributed by atoms with Gasteiger partial charge in [0.15, 0.2) is 0 Å². The van der Waals surface area contributed by atoms with E-state index >= 15 is 0 Å². The molecule has 0 aromatic heterocycles. The van der Waals surface area contributed by atoms with Gasteiger partial charge in [-0.3, -0.25) is 4.79 Å². The molecule has 0 radical (unpaired) electrons. The van der Waals surface area contributed by atoms with Crippen LogP contribution in [-0.2, 0) is 4.79 Å². The molecular formula is C15H29NO. The summed E-state index contributed by atoms with van der Waals surface area (Å²) in [5.41, 5.74) is 0. The number of carbonyl (C=O) groups is 1. The molecule has 0 atom stereocenters. The Morgan fingerprint density at radius 3 is 2.47 bits per heavy atom. The maximum atomic E-state index is 12.0. The quantitative estimate of drug-likeness (QED) is 0.657. The zero-order valence-corrected chi connectivity index (χ0v) is 11.7. The number of carbonyl (C=O) groups excluding carboxylic acids is 1. The lowest BCUT2D eigenvalue weighted by Crippen LogP contribution is -2.32. The van der Waals surface area contributed by atoms with Crippen LogP contribution in [0.4, 0.5) is 0 Å². The molecule has 1 aliphatic carbocycles. The summed E-state index contributed by atoms with van der Waals surface area (Å²) in [4.78, 5) is 14.1. The summed E-state index contributed by atoms with van der Waals surface area (Å²) in [5, 5.41) is 0. The number of amides is 1. The van der Waals surface area contributed by atoms with Crippen molar-refractivity contribution in [3.63, 3.8) is 0 Å². The van der Waals surface area contributed by atoms with Crippen LogP contribution in [0, 0.1) is 5.92 Å². The van der Waals surface area contributed by atoms with Crippen LogP contribution in [0.15, 0.2) is 0 Å². The van der Waals surface area contributed by atoms with Gasteiger partial charge in [-0.25, -0.2) is 0 Å². The van der Waals surface area contributed by atoms with E-state index in [-0.39, 0.29) is 0 Å². The average molecular weight is 239 g/mol. The smallest absolute Gasteiger partial charge is 0.222 e. The molecule has 0 bridgehead atoms. The first kappa shape index (κ1) is 14.5. The molecule has 0 aromatic rings. The lowest BCUT2D eigenvalue weighted by Gasteiger charge is -2.24. The molecule has 1 aliphatic rings. The van der Waals surface area contributed by atoms with Crippen LogP contribution in [-0.4, -0.2) is 23.9 Å². The fourth-order valence-electron chi connectivity index (χ4n) is 2.77. The van der Waals surface area contributed by atoms with E-state index in [0.29, 0.717) is 5.91 Å². The van der Waals surface area contributed by atoms with E-state index in [2.05, 4.69) is 13.8 Å². The number of rotatable bonds is 7. The zero-order valence-electron chi connectivity index (χ0n) is 11.7. The minimum absolute atomic E-state index is 0.381. The summed E-state index contributed by atoms with van der Waals surface area (Å²) < 4.78 is 0. The van der Waals surface area contributed by atoms with Gasteiger partial charge in [-0.2, -0.15) is 0 Å². The molecule has 0 spiro atoms. The minimum Gasteiger partial charge on any atom is -0.343 e. The molecule has 1 fully saturated rings. The second kappa shape index (κ2) is 8.54. The topological polar surface area (TPSA) is 20.3 Å². The predicted molar refractivity (Wildman–Crippen MR) is 73.0 cm³/mol. The third kappa shape index (κ3) is 5.56. The van der Waals surface area contributed by atoms with E-state index in [0.717, 1.165) is 38.3 Å². The van der Waals surface area contributed by atoms with Crippen LogP contribution in [0.3, 0.4) is 0 Å². The Hall–Kier alpha value is -0.530. The first-order chi connectivity index (χ1) is 8.27. The van der Waals surface area contributed by atoms with Crippen molar-refractivity contribution in [2.45, 2.75) is 71.6 Å². The highest BCUT2D eigenvalue weighted by molar-refractivity contribution is 5.76. The normalized spacial score (nSPS) is 17.1. The number of unbranched alkanes of at least 4 members (excludes halogenated alkanes) is 1. The lowest BCUT2D eigenvalue weighted by atomic mass is 9.86. The third-order valence-electron chi connectivity index (χ3n) is 4.01. The molecule has 1 saturated carbocycles. The summed E-state index contributed by atoms with van der Waals surface area (Å²) in [5.74, 6) is 1.21. The van der Waals surface area contributed by atoms with Gasteiger partial charge in [-0.05, 0) is 25.7 Å². The monoisotopic (exact) mass is 239 g/mol. The third-order valence-corrected chi connectivity index (χ3v) is 4.01. The van der Waals surface area contributed by atoms with E-state index in [4.69, 9.17) is 0 Å². The van der Waals surface area contributed by atoms with Crippen LogP contribution >= 0.6 is 0 Å². The van der Waals surface area contributed by atoms with Crippen LogP contribution in [0.1, 0.15) is 71.6 Å². The minimum atomic E-state index is 0.381. The largest absolute Gasteiger partial charge is 0.343 e. The highest BCUT2D eigenvalue weighted by Crippen LogP contribution is 2.27. The number of hydrogen-bond donors (Lipinski definition) is 0. The molecule has 0 heterocycles. The molecule has 17 heavy (non-hydrogen) atoms. The van der Waals surface area contributed by atoms with Crippen molar-refractivity contribution in [2.75, 3.05) is 13.1 Å². The maximum absolute atomic E-state index is 12.0. The molecule has 0 N–H and O–H groups in total. The summed E-state index contributed by atoms with van der Waals surface area (Å²) in [6.07, 6.45) is 11.1. The first-order valence-electron chi connectivity index (χ1n) is 7.55. The fraction of sp³-hybridized carbons (Fsp3) is 0.933. The van der Waals surface area contributed by atoms with Gasteiger partial charge >= 0.3 is 0 Å². The first-order valence-corrected chi connectivity index (χ1v) is 7.55. The molecule has 2 heteroatoms. The molecule has 2 nitrogen and oxygen atoms in total. The van der Waals surface area contributed by atoms with E-state index in [1.54, 1.807) is 0 Å². The Morgan fingerprint density at radius 2 is 1.88 bits per heavy atom. The zero-order chi connectivity index (χ0) is 12.5. The van der Waals surface area contributed by atoms with Crippen LogP contribution in [0.2, 0.25) is 0 Å². The van der Waals surface area contributed by atoms with Crippen molar-refractivity contribution in [1.29, 1.82) is 0 Å². The maximum Gasteiger partial charge on any atom is 0.222 e. The molecule has 0 saturated heterocycles. The Bertz CT molecular complexity index is 209. The van der Waals surface area contributed by atoms with Crippen LogP contribution in [0.5, 0.6) is 0 Å². The molecule has 1 amide bonds. The van der Waals surface area contributed by atoms with Crippen molar-refractivity contribution < 1.29 is 4.79 Å². The lowest BCUT2D eigenvalue weighted by molar-refractivity contribution is -0.131. The second-order valence-electron chi connectivity index (χ2n) is 5.37. The van der Waals surface area contributed by atoms with Gasteiger partial charge in [-0.1, -0.05) is 45.4 Å². The van der Waals surface area contributed by atoms with Gasteiger partial charge in [-0.15, -0.1) is 0 Å². The predicted octanol–water partition coefficient (Wildman–Crippen LogP) is 4.00. The Balaban J connectivity index is 2.21. The number of hydrogen-bond acceptors (Lipinski definition) is 1. The van der Waals surface area contributed by atoms with Crippen LogP contribution < -0.4 is 0 Å². The Kier molecular flexibility index (Phi) is 7.30.